The van der Waals surface area contributed by atoms with E-state index in [9.17, 15) is 4.79 Å². The van der Waals surface area contributed by atoms with Gasteiger partial charge in [0.15, 0.2) is 4.34 Å². The number of thioether (sulfide) groups is 1. The number of nitrogens with one attached hydrogen (secondary N) is 1. The molecular weight excluding hydrogens is 406 g/mol. The van der Waals surface area contributed by atoms with Gasteiger partial charge < -0.3 is 9.14 Å². The van der Waals surface area contributed by atoms with Crippen LogP contribution in [-0.2, 0) is 6.61 Å². The summed E-state index contributed by atoms with van der Waals surface area (Å²) in [4.78, 5) is 17.1. The third-order valence-corrected chi connectivity index (χ3v) is 5.96. The maximum atomic E-state index is 12.5. The average molecular weight is 426 g/mol. The topological polar surface area (TPSA) is 81.4 Å². The van der Waals surface area contributed by atoms with E-state index < -0.39 is 0 Å². The zero-order chi connectivity index (χ0) is 20.2. The largest absolute Gasteiger partial charge is 0.487 e. The van der Waals surface area contributed by atoms with E-state index in [4.69, 9.17) is 4.74 Å². The number of pyridine rings is 1. The molecule has 0 atom stereocenters. The number of carbonyl (C=O) groups excluding carboxylic acids is 1. The van der Waals surface area contributed by atoms with Gasteiger partial charge in [-0.05, 0) is 42.5 Å². The Hall–Kier alpha value is -2.91. The highest BCUT2D eigenvalue weighted by Crippen LogP contribution is 2.25. The van der Waals surface area contributed by atoms with Gasteiger partial charge in [-0.1, -0.05) is 42.2 Å². The maximum Gasteiger partial charge on any atom is 0.257 e. The molecule has 0 spiro atoms. The summed E-state index contributed by atoms with van der Waals surface area (Å²) < 4.78 is 8.67. The Morgan fingerprint density at radius 1 is 1.28 bits per heavy atom. The lowest BCUT2D eigenvalue weighted by molar-refractivity contribution is 0.102. The van der Waals surface area contributed by atoms with Crippen molar-refractivity contribution in [2.75, 3.05) is 11.1 Å². The summed E-state index contributed by atoms with van der Waals surface area (Å²) in [5.41, 5.74) is 3.34. The van der Waals surface area contributed by atoms with Crippen LogP contribution >= 0.6 is 23.1 Å². The number of fused-ring (bicyclic) bond motifs is 1. The van der Waals surface area contributed by atoms with Crippen LogP contribution in [0.3, 0.4) is 0 Å². The SMILES string of the molecule is CCSc1nnc(NC(=O)c2cccc(OCc3cn4cccc(C)c4n3)c2)s1. The van der Waals surface area contributed by atoms with E-state index in [1.807, 2.05) is 48.8 Å². The number of ether oxygens (including phenoxy) is 1. The molecule has 0 unspecified atom stereocenters. The molecule has 29 heavy (non-hydrogen) atoms. The minimum Gasteiger partial charge on any atom is -0.487 e. The van der Waals surface area contributed by atoms with Gasteiger partial charge in [-0.25, -0.2) is 4.98 Å². The van der Waals surface area contributed by atoms with Crippen LogP contribution in [0.25, 0.3) is 5.65 Å². The molecule has 0 aliphatic carbocycles. The number of aromatic nitrogens is 4. The van der Waals surface area contributed by atoms with E-state index in [1.54, 1.807) is 30.0 Å². The highest BCUT2D eigenvalue weighted by molar-refractivity contribution is 8.01. The van der Waals surface area contributed by atoms with E-state index in [2.05, 4.69) is 20.5 Å². The number of aryl methyl sites for hydroxylation is 1. The normalized spacial score (nSPS) is 11.0. The lowest BCUT2D eigenvalue weighted by atomic mass is 10.2. The number of carbonyl (C=O) groups is 1. The summed E-state index contributed by atoms with van der Waals surface area (Å²) in [7, 11) is 0. The van der Waals surface area contributed by atoms with Crippen LogP contribution in [0.4, 0.5) is 5.13 Å². The van der Waals surface area contributed by atoms with Gasteiger partial charge in [0, 0.05) is 18.0 Å². The van der Waals surface area contributed by atoms with Gasteiger partial charge in [-0.3, -0.25) is 10.1 Å². The number of nitrogens with zero attached hydrogens (tertiary/aromatic N) is 4. The molecule has 0 bridgehead atoms. The second-order valence-electron chi connectivity index (χ2n) is 6.23. The molecule has 0 fully saturated rings. The molecule has 9 heteroatoms. The van der Waals surface area contributed by atoms with E-state index in [0.717, 1.165) is 27.0 Å². The molecule has 0 saturated heterocycles. The highest BCUT2D eigenvalue weighted by Gasteiger charge is 2.12. The monoisotopic (exact) mass is 425 g/mol. The quantitative estimate of drug-likeness (QED) is 0.348. The van der Waals surface area contributed by atoms with Gasteiger partial charge in [-0.15, -0.1) is 10.2 Å². The Morgan fingerprint density at radius 2 is 2.17 bits per heavy atom. The summed E-state index contributed by atoms with van der Waals surface area (Å²) in [6, 6.07) is 11.1. The molecule has 1 amide bonds. The second kappa shape index (κ2) is 8.62. The number of hydrogen-bond acceptors (Lipinski definition) is 7. The first kappa shape index (κ1) is 19.4. The zero-order valence-corrected chi connectivity index (χ0v) is 17.6. The van der Waals surface area contributed by atoms with Gasteiger partial charge >= 0.3 is 0 Å². The van der Waals surface area contributed by atoms with Crippen molar-refractivity contribution in [3.05, 3.63) is 65.6 Å². The minimum absolute atomic E-state index is 0.247. The summed E-state index contributed by atoms with van der Waals surface area (Å²) in [6.07, 6.45) is 3.90. The van der Waals surface area contributed by atoms with Crippen LogP contribution in [0, 0.1) is 6.92 Å². The maximum absolute atomic E-state index is 12.5. The van der Waals surface area contributed by atoms with Crippen LogP contribution in [0.2, 0.25) is 0 Å². The average Bonchev–Trinajstić information content (AvgIpc) is 3.34. The van der Waals surface area contributed by atoms with E-state index in [-0.39, 0.29) is 5.91 Å². The van der Waals surface area contributed by atoms with Crippen molar-refractivity contribution in [1.29, 1.82) is 0 Å². The van der Waals surface area contributed by atoms with Gasteiger partial charge in [-0.2, -0.15) is 0 Å². The van der Waals surface area contributed by atoms with Gasteiger partial charge in [0.25, 0.3) is 5.91 Å². The third kappa shape index (κ3) is 4.57. The van der Waals surface area contributed by atoms with Crippen molar-refractivity contribution in [3.63, 3.8) is 0 Å². The van der Waals surface area contributed by atoms with Gasteiger partial charge in [0.2, 0.25) is 5.13 Å². The summed E-state index contributed by atoms with van der Waals surface area (Å²) in [5, 5.41) is 11.3. The predicted molar refractivity (Wildman–Crippen MR) is 115 cm³/mol. The van der Waals surface area contributed by atoms with E-state index in [0.29, 0.717) is 23.1 Å². The zero-order valence-electron chi connectivity index (χ0n) is 16.0. The summed E-state index contributed by atoms with van der Waals surface area (Å²) in [5.74, 6) is 1.27. The number of amides is 1. The molecule has 7 nitrogen and oxygen atoms in total. The molecule has 4 aromatic rings. The van der Waals surface area contributed by atoms with Crippen molar-refractivity contribution in [2.45, 2.75) is 24.8 Å². The van der Waals surface area contributed by atoms with Crippen LogP contribution < -0.4 is 10.1 Å². The number of imidazole rings is 1. The minimum atomic E-state index is -0.247. The van der Waals surface area contributed by atoms with Crippen LogP contribution in [0.5, 0.6) is 5.75 Å². The Balaban J connectivity index is 1.42. The van der Waals surface area contributed by atoms with Crippen LogP contribution in [0.1, 0.15) is 28.5 Å². The first-order valence-corrected chi connectivity index (χ1v) is 10.9. The fourth-order valence-corrected chi connectivity index (χ4v) is 4.41. The Labute approximate surface area is 176 Å². The molecule has 0 saturated carbocycles. The van der Waals surface area contributed by atoms with Gasteiger partial charge in [0.1, 0.15) is 18.0 Å². The predicted octanol–water partition coefficient (Wildman–Crippen LogP) is 4.44. The summed E-state index contributed by atoms with van der Waals surface area (Å²) >= 11 is 2.96. The third-order valence-electron chi connectivity index (χ3n) is 4.11. The van der Waals surface area contributed by atoms with Crippen molar-refractivity contribution >= 4 is 39.8 Å². The fraction of sp³-hybridized carbons (Fsp3) is 0.200. The molecule has 0 aliphatic heterocycles. The Kier molecular flexibility index (Phi) is 5.77. The molecule has 148 valence electrons. The molecular formula is C20H19N5O2S2. The number of rotatable bonds is 7. The first-order chi connectivity index (χ1) is 14.1. The van der Waals surface area contributed by atoms with Crippen molar-refractivity contribution < 1.29 is 9.53 Å². The molecule has 0 radical (unpaired) electrons. The number of benzene rings is 1. The molecule has 0 aliphatic rings. The molecule has 3 heterocycles. The van der Waals surface area contributed by atoms with E-state index in [1.165, 1.54) is 11.3 Å². The van der Waals surface area contributed by atoms with Gasteiger partial charge in [0.05, 0.1) is 5.69 Å². The standard InChI is InChI=1S/C20H19N5O2S2/c1-3-28-20-24-23-19(29-20)22-18(26)14-7-4-8-16(10-14)27-12-15-11-25-9-5-6-13(2)17(25)21-15/h4-11H,3,12H2,1-2H3,(H,22,23,26). The van der Waals surface area contributed by atoms with Crippen molar-refractivity contribution in [3.8, 4) is 5.75 Å². The highest BCUT2D eigenvalue weighted by atomic mass is 32.2. The van der Waals surface area contributed by atoms with Crippen molar-refractivity contribution in [2.24, 2.45) is 0 Å². The number of anilines is 1. The molecule has 1 aromatic carbocycles. The second-order valence-corrected chi connectivity index (χ2v) is 8.72. The lowest BCUT2D eigenvalue weighted by Crippen LogP contribution is -2.11. The Morgan fingerprint density at radius 3 is 3.00 bits per heavy atom. The first-order valence-electron chi connectivity index (χ1n) is 9.06. The van der Waals surface area contributed by atoms with Crippen LogP contribution in [0.15, 0.2) is 53.1 Å². The van der Waals surface area contributed by atoms with Crippen molar-refractivity contribution in [1.82, 2.24) is 19.6 Å². The molecule has 3 aromatic heterocycles. The lowest BCUT2D eigenvalue weighted by Gasteiger charge is -2.06. The smallest absolute Gasteiger partial charge is 0.257 e. The van der Waals surface area contributed by atoms with E-state index >= 15 is 0 Å². The fourth-order valence-electron chi connectivity index (χ4n) is 2.77. The molecule has 4 rings (SSSR count). The van der Waals surface area contributed by atoms with Crippen LogP contribution in [-0.4, -0.2) is 31.2 Å². The molecule has 1 N–H and O–H groups in total. The number of hydrogen-bond donors (Lipinski definition) is 1. The Bertz CT molecular complexity index is 1150. The summed E-state index contributed by atoms with van der Waals surface area (Å²) in [6.45, 7) is 4.39.